The number of halogens is 1. The van der Waals surface area contributed by atoms with Gasteiger partial charge in [0.2, 0.25) is 0 Å². The van der Waals surface area contributed by atoms with Gasteiger partial charge in [-0.05, 0) is 43.5 Å². The van der Waals surface area contributed by atoms with Crippen LogP contribution in [-0.4, -0.2) is 29.9 Å². The summed E-state index contributed by atoms with van der Waals surface area (Å²) in [5.74, 6) is 0.0813. The molecule has 0 atom stereocenters. The predicted octanol–water partition coefficient (Wildman–Crippen LogP) is 5.26. The Kier molecular flexibility index (Phi) is 5.54. The molecular formula is C24H22ClNO3. The molecule has 0 aromatic heterocycles. The zero-order chi connectivity index (χ0) is 20.4. The highest BCUT2D eigenvalue weighted by molar-refractivity contribution is 6.35. The van der Waals surface area contributed by atoms with Gasteiger partial charge in [0, 0.05) is 34.4 Å². The van der Waals surface area contributed by atoms with E-state index in [2.05, 4.69) is 0 Å². The number of carbonyl (C=O) groups excluding carboxylic acids is 2. The molecule has 0 radical (unpaired) electrons. The van der Waals surface area contributed by atoms with E-state index in [0.29, 0.717) is 36.7 Å². The molecule has 0 unspecified atom stereocenters. The quantitative estimate of drug-likeness (QED) is 0.439. The lowest BCUT2D eigenvalue weighted by Crippen LogP contribution is -2.41. The fraction of sp³-hybridized carbons (Fsp3) is 0.250. The van der Waals surface area contributed by atoms with Crippen molar-refractivity contribution in [2.75, 3.05) is 13.1 Å². The van der Waals surface area contributed by atoms with Gasteiger partial charge in [0.1, 0.15) is 5.75 Å². The largest absolute Gasteiger partial charge is 0.426 e. The van der Waals surface area contributed by atoms with Crippen LogP contribution in [0.1, 0.15) is 28.8 Å². The van der Waals surface area contributed by atoms with Crippen molar-refractivity contribution in [2.45, 2.75) is 19.8 Å². The van der Waals surface area contributed by atoms with Crippen molar-refractivity contribution >= 4 is 34.2 Å². The summed E-state index contributed by atoms with van der Waals surface area (Å²) in [7, 11) is 0. The van der Waals surface area contributed by atoms with Gasteiger partial charge >= 0.3 is 5.97 Å². The summed E-state index contributed by atoms with van der Waals surface area (Å²) in [6.45, 7) is 3.04. The van der Waals surface area contributed by atoms with Crippen LogP contribution < -0.4 is 4.74 Å². The first-order chi connectivity index (χ1) is 14.0. The Hall–Kier alpha value is -2.85. The molecule has 1 fully saturated rings. The maximum absolute atomic E-state index is 12.8. The molecule has 1 aliphatic heterocycles. The number of amides is 1. The van der Waals surface area contributed by atoms with Gasteiger partial charge in [-0.15, -0.1) is 0 Å². The van der Waals surface area contributed by atoms with Crippen molar-refractivity contribution in [1.82, 2.24) is 4.90 Å². The number of hydrogen-bond acceptors (Lipinski definition) is 3. The number of nitrogens with zero attached hydrogens (tertiary/aromatic N) is 1. The van der Waals surface area contributed by atoms with Crippen molar-refractivity contribution in [1.29, 1.82) is 0 Å². The molecule has 0 saturated carbocycles. The standard InChI is InChI=1S/C24H22ClNO3/c1-16-6-2-3-7-18(16)23(27)26-14-12-17(13-15-26)24(28)29-22-11-10-21(25)19-8-4-5-9-20(19)22/h2-11,17H,12-15H2,1H3. The Labute approximate surface area is 175 Å². The number of hydrogen-bond donors (Lipinski definition) is 0. The number of rotatable bonds is 3. The highest BCUT2D eigenvalue weighted by Crippen LogP contribution is 2.32. The molecule has 0 N–H and O–H groups in total. The molecule has 3 aromatic carbocycles. The second kappa shape index (κ2) is 8.26. The first-order valence-corrected chi connectivity index (χ1v) is 10.2. The minimum Gasteiger partial charge on any atom is -0.426 e. The van der Waals surface area contributed by atoms with Crippen molar-refractivity contribution in [3.8, 4) is 5.75 Å². The fourth-order valence-electron chi connectivity index (χ4n) is 3.82. The lowest BCUT2D eigenvalue weighted by Gasteiger charge is -2.31. The number of fused-ring (bicyclic) bond motifs is 1. The molecule has 1 amide bonds. The van der Waals surface area contributed by atoms with E-state index < -0.39 is 0 Å². The smallest absolute Gasteiger partial charge is 0.314 e. The lowest BCUT2D eigenvalue weighted by atomic mass is 9.96. The summed E-state index contributed by atoms with van der Waals surface area (Å²) in [5, 5.41) is 2.31. The second-order valence-electron chi connectivity index (χ2n) is 7.39. The molecular weight excluding hydrogens is 386 g/mol. The molecule has 4 nitrogen and oxygen atoms in total. The molecule has 4 rings (SSSR count). The second-order valence-corrected chi connectivity index (χ2v) is 7.80. The van der Waals surface area contributed by atoms with Crippen LogP contribution in [0.15, 0.2) is 60.7 Å². The minimum atomic E-state index is -0.250. The molecule has 29 heavy (non-hydrogen) atoms. The highest BCUT2D eigenvalue weighted by atomic mass is 35.5. The summed E-state index contributed by atoms with van der Waals surface area (Å²) in [6, 6.07) is 18.7. The summed E-state index contributed by atoms with van der Waals surface area (Å²) < 4.78 is 5.72. The Morgan fingerprint density at radius 3 is 2.31 bits per heavy atom. The van der Waals surface area contributed by atoms with Crippen LogP contribution >= 0.6 is 11.6 Å². The molecule has 0 bridgehead atoms. The summed E-state index contributed by atoms with van der Waals surface area (Å²) >= 11 is 6.24. The van der Waals surface area contributed by atoms with Crippen LogP contribution in [0.5, 0.6) is 5.75 Å². The Balaban J connectivity index is 1.42. The third-order valence-corrected chi connectivity index (χ3v) is 5.86. The summed E-state index contributed by atoms with van der Waals surface area (Å²) in [5.41, 5.74) is 1.69. The molecule has 1 aliphatic rings. The average Bonchev–Trinajstić information content (AvgIpc) is 2.76. The van der Waals surface area contributed by atoms with Gasteiger partial charge < -0.3 is 9.64 Å². The van der Waals surface area contributed by atoms with Gasteiger partial charge in [-0.3, -0.25) is 9.59 Å². The van der Waals surface area contributed by atoms with Gasteiger partial charge in [-0.1, -0.05) is 54.1 Å². The number of ether oxygens (including phenoxy) is 1. The summed E-state index contributed by atoms with van der Waals surface area (Å²) in [4.78, 5) is 27.3. The van der Waals surface area contributed by atoms with E-state index in [-0.39, 0.29) is 17.8 Å². The van der Waals surface area contributed by atoms with Gasteiger partial charge in [0.25, 0.3) is 5.91 Å². The van der Waals surface area contributed by atoms with Crippen molar-refractivity contribution in [3.05, 3.63) is 76.8 Å². The van der Waals surface area contributed by atoms with E-state index in [9.17, 15) is 9.59 Å². The lowest BCUT2D eigenvalue weighted by molar-refractivity contribution is -0.140. The zero-order valence-electron chi connectivity index (χ0n) is 16.2. The fourth-order valence-corrected chi connectivity index (χ4v) is 4.04. The maximum Gasteiger partial charge on any atom is 0.314 e. The van der Waals surface area contributed by atoms with Gasteiger partial charge in [-0.25, -0.2) is 0 Å². The van der Waals surface area contributed by atoms with E-state index >= 15 is 0 Å². The molecule has 3 aromatic rings. The topological polar surface area (TPSA) is 46.6 Å². The van der Waals surface area contributed by atoms with Crippen LogP contribution in [0.4, 0.5) is 0 Å². The Bertz CT molecular complexity index is 1070. The predicted molar refractivity (Wildman–Crippen MR) is 114 cm³/mol. The van der Waals surface area contributed by atoms with Gasteiger partial charge in [0.05, 0.1) is 5.92 Å². The van der Waals surface area contributed by atoms with Gasteiger partial charge in [-0.2, -0.15) is 0 Å². The minimum absolute atomic E-state index is 0.0265. The third kappa shape index (κ3) is 3.99. The number of piperidine rings is 1. The molecule has 0 spiro atoms. The van der Waals surface area contributed by atoms with E-state index in [1.54, 1.807) is 12.1 Å². The number of likely N-dealkylation sites (tertiary alicyclic amines) is 1. The molecule has 148 valence electrons. The van der Waals surface area contributed by atoms with E-state index in [1.165, 1.54) is 0 Å². The average molecular weight is 408 g/mol. The molecule has 5 heteroatoms. The molecule has 0 aliphatic carbocycles. The van der Waals surface area contributed by atoms with Crippen LogP contribution in [0.3, 0.4) is 0 Å². The van der Waals surface area contributed by atoms with Crippen molar-refractivity contribution < 1.29 is 14.3 Å². The van der Waals surface area contributed by atoms with Crippen LogP contribution in [-0.2, 0) is 4.79 Å². The summed E-state index contributed by atoms with van der Waals surface area (Å²) in [6.07, 6.45) is 1.20. The van der Waals surface area contributed by atoms with E-state index in [1.807, 2.05) is 60.4 Å². The monoisotopic (exact) mass is 407 g/mol. The first-order valence-electron chi connectivity index (χ1n) is 9.78. The number of benzene rings is 3. The van der Waals surface area contributed by atoms with Crippen molar-refractivity contribution in [3.63, 3.8) is 0 Å². The van der Waals surface area contributed by atoms with E-state index in [4.69, 9.17) is 16.3 Å². The Morgan fingerprint density at radius 2 is 1.59 bits per heavy atom. The van der Waals surface area contributed by atoms with Crippen LogP contribution in [0.25, 0.3) is 10.8 Å². The Morgan fingerprint density at radius 1 is 0.931 bits per heavy atom. The van der Waals surface area contributed by atoms with E-state index in [0.717, 1.165) is 21.9 Å². The number of esters is 1. The third-order valence-electron chi connectivity index (χ3n) is 5.53. The maximum atomic E-state index is 12.8. The molecule has 1 heterocycles. The molecule has 1 saturated heterocycles. The first kappa shape index (κ1) is 19.5. The number of carbonyl (C=O) groups is 2. The normalized spacial score (nSPS) is 14.8. The number of aryl methyl sites for hydroxylation is 1. The SMILES string of the molecule is Cc1ccccc1C(=O)N1CCC(C(=O)Oc2ccc(Cl)c3ccccc23)CC1. The van der Waals surface area contributed by atoms with Crippen LogP contribution in [0, 0.1) is 12.8 Å². The zero-order valence-corrected chi connectivity index (χ0v) is 17.0. The van der Waals surface area contributed by atoms with Crippen molar-refractivity contribution in [2.24, 2.45) is 5.92 Å². The van der Waals surface area contributed by atoms with Crippen LogP contribution in [0.2, 0.25) is 5.02 Å². The van der Waals surface area contributed by atoms with Gasteiger partial charge in [0.15, 0.2) is 0 Å². The highest BCUT2D eigenvalue weighted by Gasteiger charge is 2.29.